The van der Waals surface area contributed by atoms with Gasteiger partial charge < -0.3 is 10.4 Å². The van der Waals surface area contributed by atoms with E-state index in [-0.39, 0.29) is 12.2 Å². The van der Waals surface area contributed by atoms with Crippen molar-refractivity contribution < 1.29 is 9.50 Å². The Balaban J connectivity index is 2.39. The molecule has 1 atom stereocenters. The van der Waals surface area contributed by atoms with Crippen LogP contribution < -0.4 is 5.32 Å². The van der Waals surface area contributed by atoms with Crippen molar-refractivity contribution in [2.24, 2.45) is 0 Å². The third-order valence-electron chi connectivity index (χ3n) is 3.24. The van der Waals surface area contributed by atoms with Crippen molar-refractivity contribution in [1.82, 2.24) is 0 Å². The number of hydrogen-bond donors (Lipinski definition) is 2. The van der Waals surface area contributed by atoms with Crippen molar-refractivity contribution >= 4 is 5.69 Å². The number of rotatable bonds is 4. The highest BCUT2D eigenvalue weighted by Gasteiger charge is 2.26. The number of benzene rings is 2. The molecule has 0 aliphatic heterocycles. The van der Waals surface area contributed by atoms with Crippen LogP contribution in [-0.2, 0) is 5.54 Å². The molecule has 0 aromatic heterocycles. The number of nitrogens with zero attached hydrogens (tertiary/aromatic N) is 1. The van der Waals surface area contributed by atoms with Gasteiger partial charge in [-0.05, 0) is 30.7 Å². The Morgan fingerprint density at radius 1 is 1.25 bits per heavy atom. The number of aliphatic hydroxyl groups excluding tert-OH is 1. The molecule has 102 valence electrons. The number of nitrogens with one attached hydrogen (secondary N) is 1. The van der Waals surface area contributed by atoms with Gasteiger partial charge in [-0.2, -0.15) is 5.26 Å². The lowest BCUT2D eigenvalue weighted by molar-refractivity contribution is 0.224. The van der Waals surface area contributed by atoms with Crippen molar-refractivity contribution in [2.45, 2.75) is 12.5 Å². The summed E-state index contributed by atoms with van der Waals surface area (Å²) in [6.07, 6.45) is 0. The van der Waals surface area contributed by atoms with Crippen molar-refractivity contribution in [3.8, 4) is 6.07 Å². The van der Waals surface area contributed by atoms with E-state index in [1.807, 2.05) is 43.3 Å². The lowest BCUT2D eigenvalue weighted by Gasteiger charge is -2.31. The quantitative estimate of drug-likeness (QED) is 0.898. The Morgan fingerprint density at radius 2 is 1.95 bits per heavy atom. The number of anilines is 1. The average Bonchev–Trinajstić information content (AvgIpc) is 2.49. The first-order valence-corrected chi connectivity index (χ1v) is 6.23. The second kappa shape index (κ2) is 5.72. The fraction of sp³-hybridized carbons (Fsp3) is 0.188. The second-order valence-electron chi connectivity index (χ2n) is 4.78. The highest BCUT2D eigenvalue weighted by atomic mass is 19.1. The standard InChI is InChI=1S/C16H15FN2O/c1-16(11-20,13-5-3-2-4-6-13)19-15-8-7-14(17)9-12(15)10-18/h2-9,19-20H,11H2,1H3. The van der Waals surface area contributed by atoms with Crippen LogP contribution in [-0.4, -0.2) is 11.7 Å². The van der Waals surface area contributed by atoms with E-state index in [4.69, 9.17) is 5.26 Å². The van der Waals surface area contributed by atoms with Gasteiger partial charge in [0.1, 0.15) is 11.9 Å². The third kappa shape index (κ3) is 2.79. The summed E-state index contributed by atoms with van der Waals surface area (Å²) in [6, 6.07) is 15.3. The van der Waals surface area contributed by atoms with E-state index in [0.717, 1.165) is 5.56 Å². The van der Waals surface area contributed by atoms with Gasteiger partial charge in [-0.1, -0.05) is 30.3 Å². The Labute approximate surface area is 117 Å². The zero-order valence-corrected chi connectivity index (χ0v) is 11.1. The first-order valence-electron chi connectivity index (χ1n) is 6.23. The van der Waals surface area contributed by atoms with Crippen molar-refractivity contribution in [3.05, 3.63) is 65.5 Å². The van der Waals surface area contributed by atoms with Gasteiger partial charge in [-0.3, -0.25) is 0 Å². The summed E-state index contributed by atoms with van der Waals surface area (Å²) in [5.74, 6) is -0.461. The van der Waals surface area contributed by atoms with Gasteiger partial charge in [0.2, 0.25) is 0 Å². The number of hydrogen-bond acceptors (Lipinski definition) is 3. The minimum atomic E-state index is -0.745. The van der Waals surface area contributed by atoms with E-state index in [1.165, 1.54) is 18.2 Å². The largest absolute Gasteiger partial charge is 0.394 e. The predicted octanol–water partition coefficient (Wildman–Crippen LogP) is 3.02. The van der Waals surface area contributed by atoms with Crippen LogP contribution in [0.15, 0.2) is 48.5 Å². The summed E-state index contributed by atoms with van der Waals surface area (Å²) >= 11 is 0. The molecule has 2 aromatic rings. The summed E-state index contributed by atoms with van der Waals surface area (Å²) in [5, 5.41) is 21.9. The summed E-state index contributed by atoms with van der Waals surface area (Å²) in [6.45, 7) is 1.67. The van der Waals surface area contributed by atoms with Gasteiger partial charge in [0, 0.05) is 0 Å². The van der Waals surface area contributed by atoms with Crippen molar-refractivity contribution in [3.63, 3.8) is 0 Å². The molecular formula is C16H15FN2O. The lowest BCUT2D eigenvalue weighted by Crippen LogP contribution is -2.36. The smallest absolute Gasteiger partial charge is 0.124 e. The molecule has 4 heteroatoms. The summed E-state index contributed by atoms with van der Waals surface area (Å²) in [4.78, 5) is 0. The molecule has 0 saturated heterocycles. The third-order valence-corrected chi connectivity index (χ3v) is 3.24. The van der Waals surface area contributed by atoms with E-state index >= 15 is 0 Å². The van der Waals surface area contributed by atoms with Crippen molar-refractivity contribution in [2.75, 3.05) is 11.9 Å². The maximum Gasteiger partial charge on any atom is 0.124 e. The fourth-order valence-electron chi connectivity index (χ4n) is 2.02. The highest BCUT2D eigenvalue weighted by Crippen LogP contribution is 2.27. The molecule has 0 heterocycles. The van der Waals surface area contributed by atoms with Gasteiger partial charge in [-0.25, -0.2) is 4.39 Å². The molecule has 0 bridgehead atoms. The Bertz CT molecular complexity index is 637. The van der Waals surface area contributed by atoms with E-state index < -0.39 is 11.4 Å². The van der Waals surface area contributed by atoms with Crippen LogP contribution >= 0.6 is 0 Å². The first-order chi connectivity index (χ1) is 9.59. The summed E-state index contributed by atoms with van der Waals surface area (Å²) < 4.78 is 13.1. The SMILES string of the molecule is CC(CO)(Nc1ccc(F)cc1C#N)c1ccccc1. The Kier molecular flexibility index (Phi) is 4.02. The van der Waals surface area contributed by atoms with Crippen molar-refractivity contribution in [1.29, 1.82) is 5.26 Å². The van der Waals surface area contributed by atoms with Gasteiger partial charge >= 0.3 is 0 Å². The molecule has 2 rings (SSSR count). The molecule has 0 aliphatic rings. The van der Waals surface area contributed by atoms with Crippen LogP contribution in [0.25, 0.3) is 0 Å². The maximum absolute atomic E-state index is 13.1. The molecule has 0 saturated carbocycles. The minimum absolute atomic E-state index is 0.154. The molecule has 0 amide bonds. The topological polar surface area (TPSA) is 56.0 Å². The van der Waals surface area contributed by atoms with Crippen LogP contribution in [0, 0.1) is 17.1 Å². The normalized spacial score (nSPS) is 13.3. The lowest BCUT2D eigenvalue weighted by atomic mass is 9.92. The zero-order chi connectivity index (χ0) is 14.6. The highest BCUT2D eigenvalue weighted by molar-refractivity contribution is 5.59. The van der Waals surface area contributed by atoms with E-state index in [1.54, 1.807) is 0 Å². The fourth-order valence-corrected chi connectivity index (χ4v) is 2.02. The van der Waals surface area contributed by atoms with Crippen LogP contribution in [0.2, 0.25) is 0 Å². The molecule has 2 N–H and O–H groups in total. The monoisotopic (exact) mass is 270 g/mol. The maximum atomic E-state index is 13.1. The van der Waals surface area contributed by atoms with Crippen LogP contribution in [0.5, 0.6) is 0 Å². The summed E-state index contributed by atoms with van der Waals surface area (Å²) in [7, 11) is 0. The zero-order valence-electron chi connectivity index (χ0n) is 11.1. The molecule has 2 aromatic carbocycles. The molecule has 3 nitrogen and oxygen atoms in total. The van der Waals surface area contributed by atoms with Gasteiger partial charge in [-0.15, -0.1) is 0 Å². The van der Waals surface area contributed by atoms with Gasteiger partial charge in [0.25, 0.3) is 0 Å². The molecule has 1 unspecified atom stereocenters. The molecule has 0 fully saturated rings. The van der Waals surface area contributed by atoms with E-state index in [0.29, 0.717) is 5.69 Å². The van der Waals surface area contributed by atoms with Crippen LogP contribution in [0.3, 0.4) is 0 Å². The number of aliphatic hydroxyl groups is 1. The average molecular weight is 270 g/mol. The first kappa shape index (κ1) is 14.0. The van der Waals surface area contributed by atoms with Gasteiger partial charge in [0.15, 0.2) is 0 Å². The molecule has 0 radical (unpaired) electrons. The van der Waals surface area contributed by atoms with Crippen LogP contribution in [0.4, 0.5) is 10.1 Å². The Morgan fingerprint density at radius 3 is 2.55 bits per heavy atom. The van der Waals surface area contributed by atoms with E-state index in [2.05, 4.69) is 5.32 Å². The molecular weight excluding hydrogens is 255 g/mol. The minimum Gasteiger partial charge on any atom is -0.394 e. The number of nitriles is 1. The predicted molar refractivity (Wildman–Crippen MR) is 75.6 cm³/mol. The van der Waals surface area contributed by atoms with Crippen LogP contribution in [0.1, 0.15) is 18.1 Å². The molecule has 0 spiro atoms. The molecule has 20 heavy (non-hydrogen) atoms. The van der Waals surface area contributed by atoms with Gasteiger partial charge in [0.05, 0.1) is 23.4 Å². The van der Waals surface area contributed by atoms with E-state index in [9.17, 15) is 9.50 Å². The molecule has 0 aliphatic carbocycles. The summed E-state index contributed by atoms with van der Waals surface area (Å²) in [5.41, 5.74) is 0.843. The Hall–Kier alpha value is -2.38. The second-order valence-corrected chi connectivity index (χ2v) is 4.78. The number of halogens is 1.